The molecule has 0 spiro atoms. The van der Waals surface area contributed by atoms with E-state index in [-0.39, 0.29) is 22.4 Å². The molecule has 0 saturated carbocycles. The van der Waals surface area contributed by atoms with Crippen molar-refractivity contribution in [2.45, 2.75) is 19.4 Å². The summed E-state index contributed by atoms with van der Waals surface area (Å²) in [6.07, 6.45) is 4.52. The van der Waals surface area contributed by atoms with Crippen LogP contribution in [0.2, 0.25) is 10.4 Å². The van der Waals surface area contributed by atoms with Gasteiger partial charge in [-0.05, 0) is 59.3 Å². The van der Waals surface area contributed by atoms with Gasteiger partial charge in [0.2, 0.25) is 5.28 Å². The minimum absolute atomic E-state index is 0.101. The average Bonchev–Trinajstić information content (AvgIpc) is 3.23. The molecule has 0 saturated heterocycles. The van der Waals surface area contributed by atoms with Crippen LogP contribution in [0.3, 0.4) is 0 Å². The van der Waals surface area contributed by atoms with Crippen molar-refractivity contribution in [2.75, 3.05) is 0 Å². The third-order valence-electron chi connectivity index (χ3n) is 5.66. The lowest BCUT2D eigenvalue weighted by Gasteiger charge is -2.20. The molecule has 0 radical (unpaired) electrons. The van der Waals surface area contributed by atoms with Crippen molar-refractivity contribution in [3.05, 3.63) is 88.6 Å². The summed E-state index contributed by atoms with van der Waals surface area (Å²) in [7, 11) is 0. The Labute approximate surface area is 195 Å². The second-order valence-electron chi connectivity index (χ2n) is 7.93. The topological polar surface area (TPSA) is 82.5 Å². The third-order valence-corrected chi connectivity index (χ3v) is 6.09. The maximum Gasteiger partial charge on any atom is 0.224 e. The Kier molecular flexibility index (Phi) is 5.51. The van der Waals surface area contributed by atoms with E-state index in [1.807, 2.05) is 36.5 Å². The molecule has 6 nitrogen and oxygen atoms in total. The lowest BCUT2D eigenvalue weighted by molar-refractivity contribution is 0.467. The molecule has 2 N–H and O–H groups in total. The minimum atomic E-state index is -0.103. The van der Waals surface area contributed by atoms with Gasteiger partial charge in [-0.2, -0.15) is 5.10 Å². The molecule has 2 aromatic carbocycles. The number of para-hydroxylation sites is 1. The monoisotopic (exact) mass is 462 g/mol. The first-order chi connectivity index (χ1) is 15.5. The molecule has 0 amide bonds. The zero-order valence-corrected chi connectivity index (χ0v) is 18.8. The fourth-order valence-corrected chi connectivity index (χ4v) is 4.30. The van der Waals surface area contributed by atoms with Gasteiger partial charge < -0.3 is 5.73 Å². The van der Waals surface area contributed by atoms with Gasteiger partial charge in [0.25, 0.3) is 0 Å². The van der Waals surface area contributed by atoms with Gasteiger partial charge in [-0.1, -0.05) is 48.9 Å². The smallest absolute Gasteiger partial charge is 0.224 e. The number of fused-ring (bicyclic) bond motifs is 2. The first kappa shape index (κ1) is 20.8. The molecular formula is C24H20Cl2N6. The first-order valence-corrected chi connectivity index (χ1v) is 11.0. The lowest BCUT2D eigenvalue weighted by Crippen LogP contribution is -2.21. The lowest BCUT2D eigenvalue weighted by atomic mass is 9.90. The van der Waals surface area contributed by atoms with E-state index >= 15 is 0 Å². The van der Waals surface area contributed by atoms with Gasteiger partial charge in [0.05, 0.1) is 17.4 Å². The fourth-order valence-electron chi connectivity index (χ4n) is 3.87. The van der Waals surface area contributed by atoms with E-state index < -0.39 is 0 Å². The first-order valence-electron chi connectivity index (χ1n) is 10.3. The van der Waals surface area contributed by atoms with Gasteiger partial charge >= 0.3 is 0 Å². The standard InChI is InChI=1S/C24H20Cl2N6/c1-14(21(27)17-11-16-4-2-3-5-19(16)28-12-17)10-15-6-8-18(9-7-15)32-13-20-22(31-32)23(25)30-24(26)29-20/h2-9,11-14,21H,10,27H2,1H3/t14?,21-/m1/s1. The predicted octanol–water partition coefficient (Wildman–Crippen LogP) is 5.55. The summed E-state index contributed by atoms with van der Waals surface area (Å²) in [6, 6.07) is 18.3. The van der Waals surface area contributed by atoms with E-state index in [2.05, 4.69) is 51.2 Å². The molecule has 0 aliphatic heterocycles. The molecule has 0 aliphatic rings. The van der Waals surface area contributed by atoms with Crippen LogP contribution in [0.5, 0.6) is 0 Å². The van der Waals surface area contributed by atoms with Gasteiger partial charge in [0, 0.05) is 17.6 Å². The van der Waals surface area contributed by atoms with Crippen molar-refractivity contribution in [3.8, 4) is 5.69 Å². The van der Waals surface area contributed by atoms with Crippen molar-refractivity contribution in [1.29, 1.82) is 0 Å². The van der Waals surface area contributed by atoms with Crippen LogP contribution in [0.4, 0.5) is 0 Å². The number of rotatable bonds is 5. The Bertz CT molecular complexity index is 1410. The Balaban J connectivity index is 1.33. The second kappa shape index (κ2) is 8.47. The molecule has 1 unspecified atom stereocenters. The summed E-state index contributed by atoms with van der Waals surface area (Å²) in [4.78, 5) is 12.7. The van der Waals surface area contributed by atoms with E-state index in [0.717, 1.165) is 28.6 Å². The molecule has 0 bridgehead atoms. The van der Waals surface area contributed by atoms with E-state index in [0.29, 0.717) is 11.0 Å². The van der Waals surface area contributed by atoms with Crippen LogP contribution < -0.4 is 5.73 Å². The Morgan fingerprint density at radius 2 is 1.78 bits per heavy atom. The number of hydrogen-bond donors (Lipinski definition) is 1. The fraction of sp³-hybridized carbons (Fsp3) is 0.167. The van der Waals surface area contributed by atoms with E-state index in [1.54, 1.807) is 10.9 Å². The van der Waals surface area contributed by atoms with Gasteiger partial charge in [-0.15, -0.1) is 0 Å². The van der Waals surface area contributed by atoms with Crippen molar-refractivity contribution in [2.24, 2.45) is 11.7 Å². The molecule has 0 aliphatic carbocycles. The summed E-state index contributed by atoms with van der Waals surface area (Å²) in [5, 5.41) is 5.93. The molecule has 2 atom stereocenters. The minimum Gasteiger partial charge on any atom is -0.324 e. The summed E-state index contributed by atoms with van der Waals surface area (Å²) in [6.45, 7) is 2.17. The molecule has 3 aromatic heterocycles. The highest BCUT2D eigenvalue weighted by Gasteiger charge is 2.17. The molecule has 5 rings (SSSR count). The number of nitrogens with two attached hydrogens (primary N) is 1. The van der Waals surface area contributed by atoms with Crippen molar-refractivity contribution >= 4 is 45.1 Å². The number of hydrogen-bond acceptors (Lipinski definition) is 5. The number of pyridine rings is 1. The summed E-state index contributed by atoms with van der Waals surface area (Å²) < 4.78 is 1.72. The van der Waals surface area contributed by atoms with Crippen LogP contribution >= 0.6 is 23.2 Å². The van der Waals surface area contributed by atoms with Gasteiger partial charge in [-0.25, -0.2) is 14.6 Å². The van der Waals surface area contributed by atoms with Crippen molar-refractivity contribution in [1.82, 2.24) is 24.7 Å². The molecule has 0 fully saturated rings. The highest BCUT2D eigenvalue weighted by atomic mass is 35.5. The van der Waals surface area contributed by atoms with Gasteiger partial charge in [0.15, 0.2) is 5.15 Å². The zero-order chi connectivity index (χ0) is 22.2. The Morgan fingerprint density at radius 3 is 2.59 bits per heavy atom. The molecule has 8 heteroatoms. The SMILES string of the molecule is CC(Cc1ccc(-n2cc3nc(Cl)nc(Cl)c3n2)cc1)[C@@H](N)c1cnc2ccccc2c1. The van der Waals surface area contributed by atoms with Crippen LogP contribution in [-0.2, 0) is 6.42 Å². The molecule has 3 heterocycles. The van der Waals surface area contributed by atoms with Crippen LogP contribution in [-0.4, -0.2) is 24.7 Å². The van der Waals surface area contributed by atoms with Crippen LogP contribution in [0.15, 0.2) is 67.0 Å². The maximum absolute atomic E-state index is 6.58. The maximum atomic E-state index is 6.58. The van der Waals surface area contributed by atoms with E-state index in [9.17, 15) is 0 Å². The highest BCUT2D eigenvalue weighted by Crippen LogP contribution is 2.26. The average molecular weight is 463 g/mol. The molecule has 160 valence electrons. The summed E-state index contributed by atoms with van der Waals surface area (Å²) >= 11 is 12.0. The quantitative estimate of drug-likeness (QED) is 0.273. The zero-order valence-electron chi connectivity index (χ0n) is 17.3. The highest BCUT2D eigenvalue weighted by molar-refractivity contribution is 6.35. The van der Waals surface area contributed by atoms with Gasteiger partial charge in [-0.3, -0.25) is 4.98 Å². The molecular weight excluding hydrogens is 443 g/mol. The van der Waals surface area contributed by atoms with E-state index in [4.69, 9.17) is 28.9 Å². The van der Waals surface area contributed by atoms with Gasteiger partial charge in [0.1, 0.15) is 11.0 Å². The predicted molar refractivity (Wildman–Crippen MR) is 128 cm³/mol. The molecule has 32 heavy (non-hydrogen) atoms. The summed E-state index contributed by atoms with van der Waals surface area (Å²) in [5.41, 5.74) is 11.8. The second-order valence-corrected chi connectivity index (χ2v) is 8.62. The van der Waals surface area contributed by atoms with E-state index in [1.165, 1.54) is 5.56 Å². The van der Waals surface area contributed by atoms with Crippen molar-refractivity contribution < 1.29 is 0 Å². The number of nitrogens with zero attached hydrogens (tertiary/aromatic N) is 5. The van der Waals surface area contributed by atoms with Crippen molar-refractivity contribution in [3.63, 3.8) is 0 Å². The Hall–Kier alpha value is -3.06. The summed E-state index contributed by atoms with van der Waals surface area (Å²) in [5.74, 6) is 0.243. The normalized spacial score (nSPS) is 13.5. The number of halogens is 2. The molecule has 5 aromatic rings. The Morgan fingerprint density at radius 1 is 1.00 bits per heavy atom. The largest absolute Gasteiger partial charge is 0.324 e. The number of benzene rings is 2. The van der Waals surface area contributed by atoms with Crippen LogP contribution in [0.1, 0.15) is 24.1 Å². The third kappa shape index (κ3) is 4.05. The van der Waals surface area contributed by atoms with Crippen LogP contribution in [0.25, 0.3) is 27.6 Å². The van der Waals surface area contributed by atoms with Crippen LogP contribution in [0, 0.1) is 5.92 Å². The number of aromatic nitrogens is 5.